The first-order valence-corrected chi connectivity index (χ1v) is 7.96. The summed E-state index contributed by atoms with van der Waals surface area (Å²) in [4.78, 5) is 0. The van der Waals surface area contributed by atoms with Gasteiger partial charge in [-0.05, 0) is 43.0 Å². The van der Waals surface area contributed by atoms with Gasteiger partial charge in [0.15, 0.2) is 0 Å². The van der Waals surface area contributed by atoms with E-state index in [1.165, 1.54) is 0 Å². The Morgan fingerprint density at radius 2 is 1.71 bits per heavy atom. The fourth-order valence-electron chi connectivity index (χ4n) is 2.71. The molecule has 2 nitrogen and oxygen atoms in total. The maximum Gasteiger partial charge on any atom is 0.391 e. The van der Waals surface area contributed by atoms with Crippen LogP contribution in [-0.4, -0.2) is 12.2 Å². The second kappa shape index (κ2) is 7.38. The van der Waals surface area contributed by atoms with Gasteiger partial charge in [-0.3, -0.25) is 0 Å². The van der Waals surface area contributed by atoms with E-state index in [2.05, 4.69) is 26.2 Å². The van der Waals surface area contributed by atoms with Crippen molar-refractivity contribution in [3.8, 4) is 0 Å². The average molecular weight is 363 g/mol. The number of hydrogen-bond acceptors (Lipinski definition) is 2. The normalized spacial score (nSPS) is 19.0. The van der Waals surface area contributed by atoms with Crippen molar-refractivity contribution >= 4 is 21.6 Å². The third kappa shape index (κ3) is 5.77. The average Bonchev–Trinajstić information content (AvgIpc) is 2.45. The monoisotopic (exact) mass is 362 g/mol. The third-order valence-corrected chi connectivity index (χ3v) is 4.31. The van der Waals surface area contributed by atoms with Gasteiger partial charge in [-0.25, -0.2) is 0 Å². The molecule has 1 aliphatic rings. The zero-order valence-corrected chi connectivity index (χ0v) is 13.2. The van der Waals surface area contributed by atoms with Gasteiger partial charge in [0.1, 0.15) is 0 Å². The molecule has 0 spiro atoms. The van der Waals surface area contributed by atoms with Gasteiger partial charge in [0.25, 0.3) is 0 Å². The molecule has 0 aromatic heterocycles. The summed E-state index contributed by atoms with van der Waals surface area (Å²) in [6, 6.07) is 6.31. The number of nitrogens with zero attached hydrogens (tertiary/aromatic N) is 2. The van der Waals surface area contributed by atoms with Crippen molar-refractivity contribution < 1.29 is 13.2 Å². The van der Waals surface area contributed by atoms with Crippen LogP contribution in [0.3, 0.4) is 0 Å². The highest BCUT2D eigenvalue weighted by Gasteiger charge is 2.36. The highest BCUT2D eigenvalue weighted by atomic mass is 79.9. The molecule has 1 aromatic carbocycles. The smallest absolute Gasteiger partial charge is 0.185 e. The zero-order valence-electron chi connectivity index (χ0n) is 11.6. The quantitative estimate of drug-likeness (QED) is 0.551. The summed E-state index contributed by atoms with van der Waals surface area (Å²) < 4.78 is 39.1. The molecule has 0 saturated heterocycles. The van der Waals surface area contributed by atoms with Gasteiger partial charge in [-0.15, -0.1) is 0 Å². The van der Waals surface area contributed by atoms with E-state index in [9.17, 15) is 13.2 Å². The molecule has 1 atom stereocenters. The van der Waals surface area contributed by atoms with Crippen LogP contribution in [0.5, 0.6) is 0 Å². The third-order valence-electron chi connectivity index (χ3n) is 3.78. The lowest BCUT2D eigenvalue weighted by Gasteiger charge is -2.27. The Kier molecular flexibility index (Phi) is 5.79. The molecule has 6 heteroatoms. The van der Waals surface area contributed by atoms with Crippen molar-refractivity contribution in [2.45, 2.75) is 50.7 Å². The number of halogens is 4. The van der Waals surface area contributed by atoms with Crippen LogP contribution in [-0.2, 0) is 0 Å². The van der Waals surface area contributed by atoms with E-state index in [-0.39, 0.29) is 5.92 Å². The Hall–Kier alpha value is -0.910. The van der Waals surface area contributed by atoms with Crippen molar-refractivity contribution in [2.24, 2.45) is 16.1 Å². The van der Waals surface area contributed by atoms with Crippen LogP contribution in [0.15, 0.2) is 39.0 Å². The first kappa shape index (κ1) is 16.5. The SMILES string of the molecule is FC(F)(F)CC(N=Nc1ccc(Br)cc1)C1CCCCC1. The minimum atomic E-state index is -4.19. The Morgan fingerprint density at radius 3 is 2.29 bits per heavy atom. The van der Waals surface area contributed by atoms with Crippen LogP contribution in [0.1, 0.15) is 38.5 Å². The van der Waals surface area contributed by atoms with Crippen molar-refractivity contribution in [2.75, 3.05) is 0 Å². The van der Waals surface area contributed by atoms with Crippen LogP contribution < -0.4 is 0 Å². The predicted molar refractivity (Wildman–Crippen MR) is 79.7 cm³/mol. The molecule has 116 valence electrons. The Labute approximate surface area is 131 Å². The number of benzene rings is 1. The van der Waals surface area contributed by atoms with Crippen LogP contribution in [0, 0.1) is 5.92 Å². The van der Waals surface area contributed by atoms with Crippen LogP contribution in [0.4, 0.5) is 18.9 Å². The largest absolute Gasteiger partial charge is 0.391 e. The zero-order chi connectivity index (χ0) is 15.3. The predicted octanol–water partition coefficient (Wildman–Crippen LogP) is 6.43. The topological polar surface area (TPSA) is 24.7 Å². The van der Waals surface area contributed by atoms with Crippen molar-refractivity contribution in [3.05, 3.63) is 28.7 Å². The van der Waals surface area contributed by atoms with Crippen molar-refractivity contribution in [1.29, 1.82) is 0 Å². The van der Waals surface area contributed by atoms with E-state index in [0.717, 1.165) is 36.6 Å². The summed E-state index contributed by atoms with van der Waals surface area (Å²) in [6.45, 7) is 0. The van der Waals surface area contributed by atoms with E-state index >= 15 is 0 Å². The van der Waals surface area contributed by atoms with E-state index < -0.39 is 18.6 Å². The van der Waals surface area contributed by atoms with Gasteiger partial charge < -0.3 is 0 Å². The standard InChI is InChI=1S/C15H18BrF3N2/c16-12-6-8-13(9-7-12)20-21-14(10-15(17,18)19)11-4-2-1-3-5-11/h6-9,11,14H,1-5,10H2. The van der Waals surface area contributed by atoms with Crippen LogP contribution in [0.25, 0.3) is 0 Å². The van der Waals surface area contributed by atoms with E-state index in [1.807, 2.05) is 0 Å². The molecular formula is C15H18BrF3N2. The highest BCUT2D eigenvalue weighted by molar-refractivity contribution is 9.10. The van der Waals surface area contributed by atoms with Crippen molar-refractivity contribution in [3.63, 3.8) is 0 Å². The molecule has 0 bridgehead atoms. The molecular weight excluding hydrogens is 345 g/mol. The first-order valence-electron chi connectivity index (χ1n) is 7.17. The van der Waals surface area contributed by atoms with Gasteiger partial charge in [-0.2, -0.15) is 23.4 Å². The Morgan fingerprint density at radius 1 is 1.10 bits per heavy atom. The fourth-order valence-corrected chi connectivity index (χ4v) is 2.97. The molecule has 1 unspecified atom stereocenters. The molecule has 0 aliphatic heterocycles. The molecule has 1 saturated carbocycles. The first-order chi connectivity index (χ1) is 9.94. The number of azo groups is 1. The Bertz CT molecular complexity index is 465. The molecule has 2 rings (SSSR count). The number of alkyl halides is 3. The van der Waals surface area contributed by atoms with E-state index in [1.54, 1.807) is 24.3 Å². The minimum Gasteiger partial charge on any atom is -0.185 e. The Balaban J connectivity index is 2.08. The van der Waals surface area contributed by atoms with Gasteiger partial charge in [0, 0.05) is 4.47 Å². The van der Waals surface area contributed by atoms with Gasteiger partial charge in [0.05, 0.1) is 18.2 Å². The van der Waals surface area contributed by atoms with Crippen molar-refractivity contribution in [1.82, 2.24) is 0 Å². The summed E-state index contributed by atoms with van der Waals surface area (Å²) in [6.07, 6.45) is -0.336. The molecule has 1 fully saturated rings. The lowest BCUT2D eigenvalue weighted by molar-refractivity contribution is -0.141. The highest BCUT2D eigenvalue weighted by Crippen LogP contribution is 2.35. The molecule has 0 heterocycles. The lowest BCUT2D eigenvalue weighted by Crippen LogP contribution is -2.27. The lowest BCUT2D eigenvalue weighted by atomic mass is 9.83. The summed E-state index contributed by atoms with van der Waals surface area (Å²) in [7, 11) is 0. The van der Waals surface area contributed by atoms with E-state index in [4.69, 9.17) is 0 Å². The summed E-state index contributed by atoms with van der Waals surface area (Å²) in [5.41, 5.74) is 0.584. The molecule has 21 heavy (non-hydrogen) atoms. The fraction of sp³-hybridized carbons (Fsp3) is 0.600. The molecule has 0 amide bonds. The second-order valence-electron chi connectivity index (χ2n) is 5.48. The van der Waals surface area contributed by atoms with E-state index in [0.29, 0.717) is 5.69 Å². The minimum absolute atomic E-state index is 0.000395. The summed E-state index contributed by atoms with van der Waals surface area (Å²) >= 11 is 3.31. The van der Waals surface area contributed by atoms with Crippen LogP contribution >= 0.6 is 15.9 Å². The van der Waals surface area contributed by atoms with Crippen LogP contribution in [0.2, 0.25) is 0 Å². The second-order valence-corrected chi connectivity index (χ2v) is 6.39. The number of rotatable bonds is 4. The number of hydrogen-bond donors (Lipinski definition) is 0. The van der Waals surface area contributed by atoms with Gasteiger partial charge in [-0.1, -0.05) is 35.2 Å². The molecule has 1 aliphatic carbocycles. The van der Waals surface area contributed by atoms with Gasteiger partial charge in [0.2, 0.25) is 0 Å². The van der Waals surface area contributed by atoms with Gasteiger partial charge >= 0.3 is 6.18 Å². The maximum atomic E-state index is 12.7. The maximum absolute atomic E-state index is 12.7. The molecule has 0 N–H and O–H groups in total. The molecule has 0 radical (unpaired) electrons. The summed E-state index contributed by atoms with van der Waals surface area (Å²) in [5.74, 6) is -0.000395. The molecule has 1 aromatic rings. The summed E-state index contributed by atoms with van der Waals surface area (Å²) in [5, 5.41) is 8.03.